The summed E-state index contributed by atoms with van der Waals surface area (Å²) >= 11 is 0. The number of nitrogens with two attached hydrogens (primary N) is 1. The molecule has 0 radical (unpaired) electrons. The Kier molecular flexibility index (Phi) is 3.41. The minimum absolute atomic E-state index is 0.188. The van der Waals surface area contributed by atoms with Crippen LogP contribution in [0.15, 0.2) is 24.3 Å². The van der Waals surface area contributed by atoms with Crippen LogP contribution in [-0.2, 0) is 0 Å². The first-order valence-electron chi connectivity index (χ1n) is 5.61. The molecule has 3 nitrogen and oxygen atoms in total. The SMILES string of the molecule is CN1CCN(c2cccc(F)c2)C(CN)C1. The van der Waals surface area contributed by atoms with Crippen LogP contribution in [0.25, 0.3) is 0 Å². The number of halogens is 1. The smallest absolute Gasteiger partial charge is 0.125 e. The number of benzene rings is 1. The molecule has 2 N–H and O–H groups in total. The third kappa shape index (κ3) is 2.33. The molecule has 1 heterocycles. The molecule has 2 rings (SSSR count). The van der Waals surface area contributed by atoms with E-state index < -0.39 is 0 Å². The highest BCUT2D eigenvalue weighted by atomic mass is 19.1. The van der Waals surface area contributed by atoms with Crippen molar-refractivity contribution >= 4 is 5.69 Å². The second-order valence-electron chi connectivity index (χ2n) is 4.33. The zero-order valence-corrected chi connectivity index (χ0v) is 9.56. The summed E-state index contributed by atoms with van der Waals surface area (Å²) in [6.45, 7) is 3.43. The zero-order valence-electron chi connectivity index (χ0n) is 9.56. The summed E-state index contributed by atoms with van der Waals surface area (Å²) in [6, 6.07) is 7.01. The van der Waals surface area contributed by atoms with E-state index in [-0.39, 0.29) is 11.9 Å². The van der Waals surface area contributed by atoms with E-state index in [2.05, 4.69) is 16.8 Å². The Morgan fingerprint density at radius 2 is 2.25 bits per heavy atom. The third-order valence-electron chi connectivity index (χ3n) is 3.10. The van der Waals surface area contributed by atoms with E-state index in [0.29, 0.717) is 6.54 Å². The van der Waals surface area contributed by atoms with Gasteiger partial charge in [0.1, 0.15) is 5.82 Å². The molecule has 0 saturated carbocycles. The topological polar surface area (TPSA) is 32.5 Å². The van der Waals surface area contributed by atoms with Crippen molar-refractivity contribution in [2.75, 3.05) is 38.1 Å². The van der Waals surface area contributed by atoms with Crippen LogP contribution in [0.2, 0.25) is 0 Å². The molecular formula is C12H18FN3. The van der Waals surface area contributed by atoms with E-state index in [9.17, 15) is 4.39 Å². The number of rotatable bonds is 2. The number of anilines is 1. The van der Waals surface area contributed by atoms with Crippen molar-refractivity contribution in [3.8, 4) is 0 Å². The van der Waals surface area contributed by atoms with Crippen LogP contribution in [0, 0.1) is 5.82 Å². The van der Waals surface area contributed by atoms with E-state index in [1.54, 1.807) is 12.1 Å². The average molecular weight is 223 g/mol. The van der Waals surface area contributed by atoms with E-state index in [4.69, 9.17) is 5.73 Å². The number of likely N-dealkylation sites (N-methyl/N-ethyl adjacent to an activating group) is 1. The van der Waals surface area contributed by atoms with E-state index in [1.807, 2.05) is 6.07 Å². The van der Waals surface area contributed by atoms with E-state index >= 15 is 0 Å². The summed E-state index contributed by atoms with van der Waals surface area (Å²) in [5.74, 6) is -0.188. The molecule has 16 heavy (non-hydrogen) atoms. The predicted molar refractivity (Wildman–Crippen MR) is 64.1 cm³/mol. The minimum Gasteiger partial charge on any atom is -0.365 e. The maximum absolute atomic E-state index is 13.2. The Balaban J connectivity index is 2.19. The molecule has 4 heteroatoms. The van der Waals surface area contributed by atoms with Crippen molar-refractivity contribution in [2.24, 2.45) is 5.73 Å². The van der Waals surface area contributed by atoms with Gasteiger partial charge in [-0.1, -0.05) is 6.07 Å². The molecule has 0 aliphatic carbocycles. The van der Waals surface area contributed by atoms with Crippen LogP contribution in [0.5, 0.6) is 0 Å². The molecule has 1 saturated heterocycles. The normalized spacial score (nSPS) is 22.4. The van der Waals surface area contributed by atoms with Crippen LogP contribution in [0.4, 0.5) is 10.1 Å². The summed E-state index contributed by atoms with van der Waals surface area (Å²) in [5, 5.41) is 0. The largest absolute Gasteiger partial charge is 0.365 e. The van der Waals surface area contributed by atoms with Gasteiger partial charge in [0.05, 0.1) is 6.04 Å². The van der Waals surface area contributed by atoms with Gasteiger partial charge in [0.2, 0.25) is 0 Å². The van der Waals surface area contributed by atoms with E-state index in [0.717, 1.165) is 25.3 Å². The Morgan fingerprint density at radius 1 is 1.44 bits per heavy atom. The van der Waals surface area contributed by atoms with Crippen molar-refractivity contribution in [1.29, 1.82) is 0 Å². The quantitative estimate of drug-likeness (QED) is 0.808. The van der Waals surface area contributed by atoms with Crippen LogP contribution >= 0.6 is 0 Å². The maximum atomic E-state index is 13.2. The monoisotopic (exact) mass is 223 g/mol. The summed E-state index contributed by atoms with van der Waals surface area (Å²) in [4.78, 5) is 4.45. The summed E-state index contributed by atoms with van der Waals surface area (Å²) in [6.07, 6.45) is 0. The van der Waals surface area contributed by atoms with Gasteiger partial charge in [-0.15, -0.1) is 0 Å². The molecule has 1 unspecified atom stereocenters. The second-order valence-corrected chi connectivity index (χ2v) is 4.33. The lowest BCUT2D eigenvalue weighted by atomic mass is 10.1. The lowest BCUT2D eigenvalue weighted by molar-refractivity contribution is 0.269. The van der Waals surface area contributed by atoms with E-state index in [1.165, 1.54) is 6.07 Å². The van der Waals surface area contributed by atoms with Crippen LogP contribution in [0.3, 0.4) is 0 Å². The molecule has 1 aromatic rings. The fraction of sp³-hybridized carbons (Fsp3) is 0.500. The third-order valence-corrected chi connectivity index (χ3v) is 3.10. The highest BCUT2D eigenvalue weighted by Crippen LogP contribution is 2.20. The fourth-order valence-electron chi connectivity index (χ4n) is 2.21. The molecular weight excluding hydrogens is 205 g/mol. The van der Waals surface area contributed by atoms with Crippen molar-refractivity contribution in [1.82, 2.24) is 4.90 Å². The standard InChI is InChI=1S/C12H18FN3/c1-15-5-6-16(12(8-14)9-15)11-4-2-3-10(13)7-11/h2-4,7,12H,5-6,8-9,14H2,1H3. The van der Waals surface area contributed by atoms with Gasteiger partial charge < -0.3 is 15.5 Å². The van der Waals surface area contributed by atoms with Gasteiger partial charge in [0.15, 0.2) is 0 Å². The van der Waals surface area contributed by atoms with Crippen LogP contribution in [-0.4, -0.2) is 44.2 Å². The summed E-state index contributed by atoms with van der Waals surface area (Å²) < 4.78 is 13.2. The molecule has 1 aliphatic rings. The number of piperazine rings is 1. The highest BCUT2D eigenvalue weighted by molar-refractivity contribution is 5.48. The van der Waals surface area contributed by atoms with Gasteiger partial charge in [0, 0.05) is 31.9 Å². The molecule has 0 spiro atoms. The average Bonchev–Trinajstić information content (AvgIpc) is 2.28. The van der Waals surface area contributed by atoms with Gasteiger partial charge in [-0.05, 0) is 25.2 Å². The molecule has 1 fully saturated rings. The molecule has 0 bridgehead atoms. The lowest BCUT2D eigenvalue weighted by Crippen LogP contribution is -2.55. The van der Waals surface area contributed by atoms with Crippen molar-refractivity contribution < 1.29 is 4.39 Å². The number of hydrogen-bond donors (Lipinski definition) is 1. The highest BCUT2D eigenvalue weighted by Gasteiger charge is 2.24. The van der Waals surface area contributed by atoms with Gasteiger partial charge in [0.25, 0.3) is 0 Å². The Hall–Kier alpha value is -1.13. The van der Waals surface area contributed by atoms with Crippen molar-refractivity contribution in [3.63, 3.8) is 0 Å². The fourth-order valence-corrected chi connectivity index (χ4v) is 2.21. The van der Waals surface area contributed by atoms with Gasteiger partial charge in [-0.25, -0.2) is 4.39 Å². The molecule has 1 aliphatic heterocycles. The minimum atomic E-state index is -0.188. The first-order valence-corrected chi connectivity index (χ1v) is 5.61. The predicted octanol–water partition coefficient (Wildman–Crippen LogP) is 0.905. The molecule has 88 valence electrons. The number of hydrogen-bond acceptors (Lipinski definition) is 3. The molecule has 1 atom stereocenters. The zero-order chi connectivity index (χ0) is 11.5. The van der Waals surface area contributed by atoms with Crippen LogP contribution < -0.4 is 10.6 Å². The lowest BCUT2D eigenvalue weighted by Gasteiger charge is -2.41. The van der Waals surface area contributed by atoms with Crippen molar-refractivity contribution in [2.45, 2.75) is 6.04 Å². The van der Waals surface area contributed by atoms with Gasteiger partial charge in [-0.3, -0.25) is 0 Å². The second kappa shape index (κ2) is 4.80. The molecule has 1 aromatic carbocycles. The maximum Gasteiger partial charge on any atom is 0.125 e. The number of nitrogens with zero attached hydrogens (tertiary/aromatic N) is 2. The van der Waals surface area contributed by atoms with Crippen molar-refractivity contribution in [3.05, 3.63) is 30.1 Å². The first-order chi connectivity index (χ1) is 7.70. The molecule has 0 aromatic heterocycles. The van der Waals surface area contributed by atoms with Gasteiger partial charge in [-0.2, -0.15) is 0 Å². The first kappa shape index (κ1) is 11.4. The summed E-state index contributed by atoms with van der Waals surface area (Å²) in [5.41, 5.74) is 6.70. The Labute approximate surface area is 95.6 Å². The van der Waals surface area contributed by atoms with Crippen LogP contribution in [0.1, 0.15) is 0 Å². The molecule has 0 amide bonds. The summed E-state index contributed by atoms with van der Waals surface area (Å²) in [7, 11) is 2.09. The Bertz CT molecular complexity index is 356. The Morgan fingerprint density at radius 3 is 2.94 bits per heavy atom. The van der Waals surface area contributed by atoms with Gasteiger partial charge >= 0.3 is 0 Å².